The van der Waals surface area contributed by atoms with E-state index in [0.717, 1.165) is 49.8 Å². The quantitative estimate of drug-likeness (QED) is 0.772. The van der Waals surface area contributed by atoms with E-state index in [1.54, 1.807) is 13.8 Å². The summed E-state index contributed by atoms with van der Waals surface area (Å²) in [5, 5.41) is 4.22. The highest BCUT2D eigenvalue weighted by Gasteiger charge is 2.42. The number of amides is 2. The fourth-order valence-corrected chi connectivity index (χ4v) is 4.85. The molecule has 0 bridgehead atoms. The lowest BCUT2D eigenvalue weighted by Crippen LogP contribution is -2.50. The van der Waals surface area contributed by atoms with Crippen LogP contribution in [0.2, 0.25) is 0 Å². The van der Waals surface area contributed by atoms with Crippen molar-refractivity contribution in [1.82, 2.24) is 15.0 Å². The van der Waals surface area contributed by atoms with Crippen LogP contribution in [0.15, 0.2) is 28.8 Å². The van der Waals surface area contributed by atoms with Crippen molar-refractivity contribution >= 4 is 11.8 Å². The predicted molar refractivity (Wildman–Crippen MR) is 110 cm³/mol. The van der Waals surface area contributed by atoms with Gasteiger partial charge in [0, 0.05) is 25.6 Å². The van der Waals surface area contributed by atoms with Crippen molar-refractivity contribution in [3.05, 3.63) is 41.2 Å². The highest BCUT2D eigenvalue weighted by atomic mass is 16.5. The summed E-state index contributed by atoms with van der Waals surface area (Å²) in [6.45, 7) is 6.90. The van der Waals surface area contributed by atoms with E-state index in [0.29, 0.717) is 23.6 Å². The van der Waals surface area contributed by atoms with Gasteiger partial charge in [-0.05, 0) is 33.1 Å². The Hall–Kier alpha value is -2.63. The number of carbonyl (C=O) groups is 2. The molecule has 2 saturated heterocycles. The van der Waals surface area contributed by atoms with Crippen LogP contribution in [0.1, 0.15) is 60.7 Å². The summed E-state index contributed by atoms with van der Waals surface area (Å²) < 4.78 is 5.46. The van der Waals surface area contributed by atoms with Crippen molar-refractivity contribution in [3.63, 3.8) is 0 Å². The first-order valence-electron chi connectivity index (χ1n) is 10.6. The Morgan fingerprint density at radius 2 is 1.69 bits per heavy atom. The smallest absolute Gasteiger partial charge is 0.260 e. The highest BCUT2D eigenvalue weighted by molar-refractivity contribution is 6.01. The van der Waals surface area contributed by atoms with Crippen LogP contribution in [0.4, 0.5) is 0 Å². The van der Waals surface area contributed by atoms with E-state index >= 15 is 0 Å². The van der Waals surface area contributed by atoms with Crippen LogP contribution in [0.25, 0.3) is 11.3 Å². The first-order chi connectivity index (χ1) is 14.0. The van der Waals surface area contributed by atoms with Gasteiger partial charge in [-0.2, -0.15) is 0 Å². The van der Waals surface area contributed by atoms with Gasteiger partial charge < -0.3 is 14.3 Å². The minimum atomic E-state index is -0.0263. The maximum Gasteiger partial charge on any atom is 0.260 e. The molecular weight excluding hydrogens is 366 g/mol. The van der Waals surface area contributed by atoms with Gasteiger partial charge in [0.05, 0.1) is 12.1 Å². The maximum atomic E-state index is 13.7. The molecule has 154 valence electrons. The summed E-state index contributed by atoms with van der Waals surface area (Å²) in [6, 6.07) is 8.16. The van der Waals surface area contributed by atoms with E-state index in [-0.39, 0.29) is 23.9 Å². The zero-order valence-corrected chi connectivity index (χ0v) is 17.5. The van der Waals surface area contributed by atoms with Crippen LogP contribution >= 0.6 is 0 Å². The lowest BCUT2D eigenvalue weighted by Gasteiger charge is -2.37. The van der Waals surface area contributed by atoms with Crippen molar-refractivity contribution in [1.29, 1.82) is 0 Å². The van der Waals surface area contributed by atoms with E-state index < -0.39 is 0 Å². The lowest BCUT2D eigenvalue weighted by atomic mass is 9.95. The third kappa shape index (κ3) is 3.68. The Kier molecular flexibility index (Phi) is 5.43. The van der Waals surface area contributed by atoms with Crippen LogP contribution in [0, 0.1) is 13.8 Å². The van der Waals surface area contributed by atoms with Crippen molar-refractivity contribution in [3.8, 4) is 11.3 Å². The second-order valence-corrected chi connectivity index (χ2v) is 8.31. The summed E-state index contributed by atoms with van der Waals surface area (Å²) in [5.41, 5.74) is 3.20. The van der Waals surface area contributed by atoms with Crippen LogP contribution in [-0.4, -0.2) is 51.9 Å². The van der Waals surface area contributed by atoms with Gasteiger partial charge in [-0.25, -0.2) is 0 Å². The summed E-state index contributed by atoms with van der Waals surface area (Å²) >= 11 is 0. The van der Waals surface area contributed by atoms with Crippen molar-refractivity contribution in [2.45, 2.75) is 65.0 Å². The summed E-state index contributed by atoms with van der Waals surface area (Å²) in [4.78, 5) is 29.8. The van der Waals surface area contributed by atoms with E-state index in [2.05, 4.69) is 5.16 Å². The molecule has 6 heteroatoms. The minimum absolute atomic E-state index is 0.0263. The molecule has 0 radical (unpaired) electrons. The lowest BCUT2D eigenvalue weighted by molar-refractivity contribution is -0.130. The van der Waals surface area contributed by atoms with Crippen LogP contribution in [-0.2, 0) is 4.79 Å². The fraction of sp³-hybridized carbons (Fsp3) is 0.522. The molecule has 2 atom stereocenters. The first kappa shape index (κ1) is 19.7. The summed E-state index contributed by atoms with van der Waals surface area (Å²) in [6.07, 6.45) is 4.96. The van der Waals surface area contributed by atoms with Gasteiger partial charge in [-0.3, -0.25) is 9.59 Å². The molecule has 2 amide bonds. The normalized spacial score (nSPS) is 22.2. The molecule has 2 aromatic rings. The average Bonchev–Trinajstić information content (AvgIpc) is 3.26. The van der Waals surface area contributed by atoms with Gasteiger partial charge in [0.25, 0.3) is 5.91 Å². The number of nitrogens with zero attached hydrogens (tertiary/aromatic N) is 3. The monoisotopic (exact) mass is 395 g/mol. The molecule has 2 fully saturated rings. The van der Waals surface area contributed by atoms with E-state index in [1.807, 2.05) is 41.0 Å². The summed E-state index contributed by atoms with van der Waals surface area (Å²) in [7, 11) is 0. The topological polar surface area (TPSA) is 66.7 Å². The molecule has 29 heavy (non-hydrogen) atoms. The highest BCUT2D eigenvalue weighted by Crippen LogP contribution is 2.33. The van der Waals surface area contributed by atoms with Crippen molar-refractivity contribution in [2.24, 2.45) is 0 Å². The fourth-order valence-electron chi connectivity index (χ4n) is 4.85. The number of aryl methyl sites for hydroxylation is 2. The van der Waals surface area contributed by atoms with Gasteiger partial charge in [-0.1, -0.05) is 47.8 Å². The molecule has 3 heterocycles. The van der Waals surface area contributed by atoms with Crippen molar-refractivity contribution in [2.75, 3.05) is 13.1 Å². The number of carbonyl (C=O) groups excluding carboxylic acids is 2. The first-order valence-corrected chi connectivity index (χ1v) is 10.6. The number of likely N-dealkylation sites (tertiary alicyclic amines) is 2. The molecule has 0 aliphatic carbocycles. The molecule has 1 aromatic carbocycles. The van der Waals surface area contributed by atoms with Gasteiger partial charge in [0.2, 0.25) is 5.91 Å². The molecule has 4 rings (SSSR count). The second kappa shape index (κ2) is 8.01. The molecule has 0 unspecified atom stereocenters. The predicted octanol–water partition coefficient (Wildman–Crippen LogP) is 3.96. The van der Waals surface area contributed by atoms with Crippen LogP contribution in [0.3, 0.4) is 0 Å². The maximum absolute atomic E-state index is 13.7. The number of hydrogen-bond acceptors (Lipinski definition) is 4. The van der Waals surface area contributed by atoms with Crippen LogP contribution < -0.4 is 0 Å². The van der Waals surface area contributed by atoms with Crippen molar-refractivity contribution < 1.29 is 14.1 Å². The third-order valence-corrected chi connectivity index (χ3v) is 6.38. The summed E-state index contributed by atoms with van der Waals surface area (Å²) in [5.74, 6) is 0.624. The largest absolute Gasteiger partial charge is 0.360 e. The SMILES string of the molecule is CC(=O)N1CC[C@H]2[C@H]1CCCCCN2C(=O)c1c(-c2ccc(C)cc2)noc1C. The number of benzene rings is 1. The number of fused-ring (bicyclic) bond motifs is 1. The Labute approximate surface area is 171 Å². The molecule has 0 saturated carbocycles. The molecular formula is C23H29N3O3. The number of aromatic nitrogens is 1. The Morgan fingerprint density at radius 1 is 0.966 bits per heavy atom. The molecule has 2 aliphatic heterocycles. The average molecular weight is 396 g/mol. The van der Waals surface area contributed by atoms with Gasteiger partial charge >= 0.3 is 0 Å². The Morgan fingerprint density at radius 3 is 2.41 bits per heavy atom. The van der Waals surface area contributed by atoms with E-state index in [4.69, 9.17) is 4.52 Å². The molecule has 1 aromatic heterocycles. The Balaban J connectivity index is 1.69. The van der Waals surface area contributed by atoms with Gasteiger partial charge in [0.1, 0.15) is 17.0 Å². The molecule has 6 nitrogen and oxygen atoms in total. The molecule has 2 aliphatic rings. The molecule has 0 N–H and O–H groups in total. The standard InChI is InChI=1S/C23H29N3O3/c1-15-8-10-18(11-9-15)22-21(16(2)29-24-22)23(28)26-13-6-4-5-7-19-20(26)12-14-25(19)17(3)27/h8-11,19-20H,4-7,12-14H2,1-3H3/t19-,20+/m1/s1. The second-order valence-electron chi connectivity index (χ2n) is 8.31. The van der Waals surface area contributed by atoms with E-state index in [1.165, 1.54) is 0 Å². The minimum Gasteiger partial charge on any atom is -0.360 e. The number of rotatable bonds is 2. The molecule has 0 spiro atoms. The van der Waals surface area contributed by atoms with Crippen LogP contribution in [0.5, 0.6) is 0 Å². The Bertz CT molecular complexity index is 903. The number of hydrogen-bond donors (Lipinski definition) is 0. The zero-order valence-electron chi connectivity index (χ0n) is 17.5. The zero-order chi connectivity index (χ0) is 20.5. The van der Waals surface area contributed by atoms with E-state index in [9.17, 15) is 9.59 Å². The van der Waals surface area contributed by atoms with Gasteiger partial charge in [-0.15, -0.1) is 0 Å². The third-order valence-electron chi connectivity index (χ3n) is 6.38. The van der Waals surface area contributed by atoms with Gasteiger partial charge in [0.15, 0.2) is 0 Å².